The Kier molecular flexibility index (Phi) is 3.29. The number of imidazole rings is 1. The van der Waals surface area contributed by atoms with Gasteiger partial charge in [0, 0.05) is 19.5 Å². The van der Waals surface area contributed by atoms with Gasteiger partial charge in [0.2, 0.25) is 0 Å². The van der Waals surface area contributed by atoms with Gasteiger partial charge in [-0.2, -0.15) is 0 Å². The number of nitrogens with zero attached hydrogens (tertiary/aromatic N) is 2. The summed E-state index contributed by atoms with van der Waals surface area (Å²) < 4.78 is 2.21. The Labute approximate surface area is 113 Å². The Morgan fingerprint density at radius 1 is 1.42 bits per heavy atom. The minimum Gasteiger partial charge on any atom is -0.388 e. The van der Waals surface area contributed by atoms with Gasteiger partial charge in [-0.3, -0.25) is 0 Å². The summed E-state index contributed by atoms with van der Waals surface area (Å²) in [5.41, 5.74) is 1.53. The highest BCUT2D eigenvalue weighted by Gasteiger charge is 2.31. The number of hydrogen-bond acceptors (Lipinski definition) is 3. The molecule has 1 aliphatic rings. The molecule has 0 bridgehead atoms. The van der Waals surface area contributed by atoms with Crippen LogP contribution >= 0.6 is 0 Å². The van der Waals surface area contributed by atoms with Crippen LogP contribution in [0.5, 0.6) is 0 Å². The second-order valence-electron chi connectivity index (χ2n) is 5.44. The number of para-hydroxylation sites is 2. The van der Waals surface area contributed by atoms with Crippen molar-refractivity contribution in [1.29, 1.82) is 0 Å². The van der Waals surface area contributed by atoms with Crippen molar-refractivity contribution in [1.82, 2.24) is 14.9 Å². The van der Waals surface area contributed by atoms with Crippen LogP contribution in [0.2, 0.25) is 0 Å². The Morgan fingerprint density at radius 3 is 3.00 bits per heavy atom. The van der Waals surface area contributed by atoms with Crippen molar-refractivity contribution in [3.05, 3.63) is 30.1 Å². The van der Waals surface area contributed by atoms with Crippen LogP contribution in [0, 0.1) is 0 Å². The van der Waals surface area contributed by atoms with Gasteiger partial charge in [-0.15, -0.1) is 0 Å². The summed E-state index contributed by atoms with van der Waals surface area (Å²) in [6, 6.07) is 8.18. The van der Waals surface area contributed by atoms with Crippen molar-refractivity contribution in [2.24, 2.45) is 0 Å². The van der Waals surface area contributed by atoms with E-state index in [1.165, 1.54) is 0 Å². The SMILES string of the molecule is CCn1c(CC2(O)CCCNC2)nc2ccccc21. The normalized spacial score (nSPS) is 23.9. The van der Waals surface area contributed by atoms with Crippen molar-refractivity contribution in [3.8, 4) is 0 Å². The molecular weight excluding hydrogens is 238 g/mol. The zero-order valence-corrected chi connectivity index (χ0v) is 11.4. The molecule has 2 heterocycles. The van der Waals surface area contributed by atoms with E-state index in [2.05, 4.69) is 22.9 Å². The molecular formula is C15H21N3O. The molecule has 3 rings (SSSR count). The third-order valence-corrected chi connectivity index (χ3v) is 3.99. The van der Waals surface area contributed by atoms with Gasteiger partial charge < -0.3 is 15.0 Å². The first-order chi connectivity index (χ1) is 9.22. The van der Waals surface area contributed by atoms with Crippen LogP contribution in [0.4, 0.5) is 0 Å². The molecule has 4 nitrogen and oxygen atoms in total. The maximum atomic E-state index is 10.7. The maximum absolute atomic E-state index is 10.7. The maximum Gasteiger partial charge on any atom is 0.112 e. The summed E-state index contributed by atoms with van der Waals surface area (Å²) in [5, 5.41) is 13.9. The molecule has 0 spiro atoms. The van der Waals surface area contributed by atoms with Gasteiger partial charge in [-0.1, -0.05) is 12.1 Å². The minimum absolute atomic E-state index is 0.628. The van der Waals surface area contributed by atoms with E-state index in [4.69, 9.17) is 4.98 Å². The fourth-order valence-corrected chi connectivity index (χ4v) is 3.01. The van der Waals surface area contributed by atoms with Crippen molar-refractivity contribution < 1.29 is 5.11 Å². The number of nitrogens with one attached hydrogen (secondary N) is 1. The zero-order chi connectivity index (χ0) is 13.3. The van der Waals surface area contributed by atoms with Crippen molar-refractivity contribution in [3.63, 3.8) is 0 Å². The number of benzene rings is 1. The number of fused-ring (bicyclic) bond motifs is 1. The summed E-state index contributed by atoms with van der Waals surface area (Å²) in [4.78, 5) is 4.70. The van der Waals surface area contributed by atoms with E-state index in [0.717, 1.165) is 42.8 Å². The highest BCUT2D eigenvalue weighted by molar-refractivity contribution is 5.75. The Hall–Kier alpha value is -1.39. The molecule has 4 heteroatoms. The first-order valence-corrected chi connectivity index (χ1v) is 7.09. The number of hydrogen-bond donors (Lipinski definition) is 2. The van der Waals surface area contributed by atoms with E-state index in [0.29, 0.717) is 13.0 Å². The molecule has 1 saturated heterocycles. The number of aryl methyl sites for hydroxylation is 1. The van der Waals surface area contributed by atoms with Crippen molar-refractivity contribution in [2.45, 2.75) is 38.3 Å². The van der Waals surface area contributed by atoms with Gasteiger partial charge in [0.1, 0.15) is 5.82 Å². The second kappa shape index (κ2) is 4.94. The average molecular weight is 259 g/mol. The predicted molar refractivity (Wildman–Crippen MR) is 76.2 cm³/mol. The Balaban J connectivity index is 1.95. The fraction of sp³-hybridized carbons (Fsp3) is 0.533. The third kappa shape index (κ3) is 2.38. The van der Waals surface area contributed by atoms with Crippen LogP contribution in [0.3, 0.4) is 0 Å². The summed E-state index contributed by atoms with van der Waals surface area (Å²) >= 11 is 0. The van der Waals surface area contributed by atoms with E-state index in [1.54, 1.807) is 0 Å². The molecule has 0 amide bonds. The molecule has 0 radical (unpaired) electrons. The molecule has 0 saturated carbocycles. The van der Waals surface area contributed by atoms with E-state index in [-0.39, 0.29) is 0 Å². The van der Waals surface area contributed by atoms with Gasteiger partial charge in [-0.05, 0) is 38.4 Å². The van der Waals surface area contributed by atoms with E-state index < -0.39 is 5.60 Å². The molecule has 1 aromatic heterocycles. The molecule has 1 atom stereocenters. The molecule has 1 aromatic carbocycles. The smallest absolute Gasteiger partial charge is 0.112 e. The fourth-order valence-electron chi connectivity index (χ4n) is 3.01. The van der Waals surface area contributed by atoms with Gasteiger partial charge in [-0.25, -0.2) is 4.98 Å². The number of piperidine rings is 1. The van der Waals surface area contributed by atoms with Gasteiger partial charge in [0.25, 0.3) is 0 Å². The quantitative estimate of drug-likeness (QED) is 0.882. The zero-order valence-electron chi connectivity index (χ0n) is 11.4. The van der Waals surface area contributed by atoms with Crippen LogP contribution in [-0.4, -0.2) is 33.3 Å². The van der Waals surface area contributed by atoms with Crippen molar-refractivity contribution in [2.75, 3.05) is 13.1 Å². The van der Waals surface area contributed by atoms with E-state index in [9.17, 15) is 5.11 Å². The highest BCUT2D eigenvalue weighted by atomic mass is 16.3. The lowest BCUT2D eigenvalue weighted by atomic mass is 9.90. The van der Waals surface area contributed by atoms with E-state index in [1.807, 2.05) is 18.2 Å². The number of aliphatic hydroxyl groups is 1. The number of β-amino-alcohol motifs (C(OH)–C–C–N with tert-alkyl or cyclic N) is 1. The van der Waals surface area contributed by atoms with Crippen LogP contribution in [0.25, 0.3) is 11.0 Å². The van der Waals surface area contributed by atoms with Gasteiger partial charge >= 0.3 is 0 Å². The largest absolute Gasteiger partial charge is 0.388 e. The summed E-state index contributed by atoms with van der Waals surface area (Å²) in [6.07, 6.45) is 2.51. The lowest BCUT2D eigenvalue weighted by Gasteiger charge is -2.32. The average Bonchev–Trinajstić information content (AvgIpc) is 2.75. The van der Waals surface area contributed by atoms with Gasteiger partial charge in [0.05, 0.1) is 16.6 Å². The van der Waals surface area contributed by atoms with Gasteiger partial charge in [0.15, 0.2) is 0 Å². The molecule has 1 fully saturated rings. The molecule has 102 valence electrons. The van der Waals surface area contributed by atoms with E-state index >= 15 is 0 Å². The first kappa shape index (κ1) is 12.6. The molecule has 0 aliphatic carbocycles. The molecule has 1 aliphatic heterocycles. The minimum atomic E-state index is -0.646. The topological polar surface area (TPSA) is 50.1 Å². The summed E-state index contributed by atoms with van der Waals surface area (Å²) in [7, 11) is 0. The predicted octanol–water partition coefficient (Wildman–Crippen LogP) is 1.71. The molecule has 19 heavy (non-hydrogen) atoms. The Morgan fingerprint density at radius 2 is 2.26 bits per heavy atom. The van der Waals surface area contributed by atoms with Crippen LogP contribution < -0.4 is 5.32 Å². The summed E-state index contributed by atoms with van der Waals surface area (Å²) in [5.74, 6) is 0.995. The Bertz CT molecular complexity index is 570. The monoisotopic (exact) mass is 259 g/mol. The lowest BCUT2D eigenvalue weighted by Crippen LogP contribution is -2.47. The van der Waals surface area contributed by atoms with Crippen LogP contribution in [-0.2, 0) is 13.0 Å². The first-order valence-electron chi connectivity index (χ1n) is 7.09. The molecule has 2 aromatic rings. The summed E-state index contributed by atoms with van der Waals surface area (Å²) in [6.45, 7) is 4.69. The molecule has 2 N–H and O–H groups in total. The standard InChI is InChI=1S/C15H21N3O/c1-2-18-13-7-4-3-6-12(13)17-14(18)10-15(19)8-5-9-16-11-15/h3-4,6-7,16,19H,2,5,8-11H2,1H3. The van der Waals surface area contributed by atoms with Crippen molar-refractivity contribution >= 4 is 11.0 Å². The highest BCUT2D eigenvalue weighted by Crippen LogP contribution is 2.24. The van der Waals surface area contributed by atoms with Crippen LogP contribution in [0.15, 0.2) is 24.3 Å². The third-order valence-electron chi connectivity index (χ3n) is 3.99. The number of aromatic nitrogens is 2. The van der Waals surface area contributed by atoms with Crippen LogP contribution in [0.1, 0.15) is 25.6 Å². The lowest BCUT2D eigenvalue weighted by molar-refractivity contribution is 0.0146. The number of rotatable bonds is 3. The second-order valence-corrected chi connectivity index (χ2v) is 5.44. The molecule has 1 unspecified atom stereocenters.